The van der Waals surface area contributed by atoms with Crippen molar-refractivity contribution < 1.29 is 19.1 Å². The molecular formula is C17H25N3O4. The first-order valence-corrected chi connectivity index (χ1v) is 8.41. The van der Waals surface area contributed by atoms with E-state index in [1.807, 2.05) is 13.1 Å². The fourth-order valence-electron chi connectivity index (χ4n) is 2.81. The molecule has 2 rings (SSSR count). The highest BCUT2D eigenvalue weighted by atomic mass is 16.6. The molecule has 1 saturated carbocycles. The van der Waals surface area contributed by atoms with Crippen LogP contribution in [0.1, 0.15) is 51.1 Å². The molecular weight excluding hydrogens is 310 g/mol. The van der Waals surface area contributed by atoms with Crippen molar-refractivity contribution in [3.63, 3.8) is 0 Å². The Morgan fingerprint density at radius 3 is 2.38 bits per heavy atom. The summed E-state index contributed by atoms with van der Waals surface area (Å²) in [6.45, 7) is 3.74. The van der Waals surface area contributed by atoms with Gasteiger partial charge < -0.3 is 14.8 Å². The summed E-state index contributed by atoms with van der Waals surface area (Å²) in [5.41, 5.74) is 0.877. The summed E-state index contributed by atoms with van der Waals surface area (Å²) < 4.78 is 11.5. The lowest BCUT2D eigenvalue weighted by Gasteiger charge is -2.07. The second-order valence-corrected chi connectivity index (χ2v) is 5.70. The molecule has 0 atom stereocenters. The predicted molar refractivity (Wildman–Crippen MR) is 89.4 cm³/mol. The van der Waals surface area contributed by atoms with Crippen LogP contribution in [0.3, 0.4) is 0 Å². The zero-order valence-electron chi connectivity index (χ0n) is 14.5. The van der Waals surface area contributed by atoms with Crippen LogP contribution in [0, 0.1) is 0 Å². The van der Waals surface area contributed by atoms with Crippen LogP contribution in [-0.2, 0) is 26.1 Å². The molecule has 24 heavy (non-hydrogen) atoms. The molecule has 1 aromatic rings. The largest absolute Gasteiger partial charge is 0.462 e. The monoisotopic (exact) mass is 335 g/mol. The number of aromatic nitrogens is 2. The van der Waals surface area contributed by atoms with Gasteiger partial charge in [-0.05, 0) is 26.7 Å². The van der Waals surface area contributed by atoms with Crippen LogP contribution in [0.2, 0.25) is 0 Å². The molecule has 0 aliphatic heterocycles. The van der Waals surface area contributed by atoms with Gasteiger partial charge in [0, 0.05) is 25.2 Å². The summed E-state index contributed by atoms with van der Waals surface area (Å²) in [7, 11) is 1.82. The lowest BCUT2D eigenvalue weighted by molar-refractivity contribution is -0.146. The van der Waals surface area contributed by atoms with Gasteiger partial charge in [0.15, 0.2) is 5.57 Å². The highest BCUT2D eigenvalue weighted by Crippen LogP contribution is 2.34. The number of ether oxygens (including phenoxy) is 2. The fraction of sp³-hybridized carbons (Fsp3) is 0.588. The highest BCUT2D eigenvalue weighted by Gasteiger charge is 2.23. The second-order valence-electron chi connectivity index (χ2n) is 5.70. The van der Waals surface area contributed by atoms with Crippen molar-refractivity contribution in [2.24, 2.45) is 7.05 Å². The number of aryl methyl sites for hydroxylation is 1. The lowest BCUT2D eigenvalue weighted by Crippen LogP contribution is -2.19. The Labute approximate surface area is 142 Å². The molecule has 0 aromatic carbocycles. The Bertz CT molecular complexity index is 595. The molecule has 132 valence electrons. The number of esters is 2. The number of hydrogen-bond donors (Lipinski definition) is 1. The van der Waals surface area contributed by atoms with Crippen molar-refractivity contribution in [3.8, 4) is 0 Å². The van der Waals surface area contributed by atoms with Crippen molar-refractivity contribution in [1.29, 1.82) is 0 Å². The Morgan fingerprint density at radius 1 is 1.25 bits per heavy atom. The van der Waals surface area contributed by atoms with Gasteiger partial charge in [0.25, 0.3) is 0 Å². The minimum atomic E-state index is -0.707. The average Bonchev–Trinajstić information content (AvgIpc) is 3.18. The molecule has 0 saturated heterocycles. The molecule has 1 aliphatic rings. The summed E-state index contributed by atoms with van der Waals surface area (Å²) in [6, 6.07) is 1.96. The number of anilines is 1. The standard InChI is InChI=1S/C17H25N3O4/c1-4-23-16(21)13(17(22)24-5-2)11-18-15-10-14(19-20(15)3)12-8-6-7-9-12/h10-12,18H,4-9H2,1-3H3. The van der Waals surface area contributed by atoms with E-state index in [9.17, 15) is 9.59 Å². The molecule has 7 heteroatoms. The van der Waals surface area contributed by atoms with E-state index in [1.165, 1.54) is 19.0 Å². The minimum absolute atomic E-state index is 0.165. The molecule has 1 N–H and O–H groups in total. The Kier molecular flexibility index (Phi) is 6.40. The zero-order chi connectivity index (χ0) is 17.5. The molecule has 0 radical (unpaired) electrons. The number of rotatable bonds is 7. The summed E-state index contributed by atoms with van der Waals surface area (Å²) >= 11 is 0. The van der Waals surface area contributed by atoms with Gasteiger partial charge in [0.05, 0.1) is 18.9 Å². The van der Waals surface area contributed by atoms with Crippen LogP contribution in [0.5, 0.6) is 0 Å². The first-order valence-electron chi connectivity index (χ1n) is 8.41. The summed E-state index contributed by atoms with van der Waals surface area (Å²) in [6.07, 6.45) is 6.11. The fourth-order valence-corrected chi connectivity index (χ4v) is 2.81. The van der Waals surface area contributed by atoms with Crippen LogP contribution < -0.4 is 5.32 Å². The van der Waals surface area contributed by atoms with E-state index >= 15 is 0 Å². The topological polar surface area (TPSA) is 82.5 Å². The number of nitrogens with zero attached hydrogens (tertiary/aromatic N) is 2. The van der Waals surface area contributed by atoms with E-state index in [0.717, 1.165) is 18.5 Å². The maximum atomic E-state index is 11.9. The van der Waals surface area contributed by atoms with Crippen LogP contribution >= 0.6 is 0 Å². The van der Waals surface area contributed by atoms with Crippen molar-refractivity contribution in [2.75, 3.05) is 18.5 Å². The van der Waals surface area contributed by atoms with Crippen LogP contribution in [0.4, 0.5) is 5.82 Å². The van der Waals surface area contributed by atoms with Gasteiger partial charge in [-0.2, -0.15) is 5.10 Å². The average molecular weight is 335 g/mol. The second kappa shape index (κ2) is 8.52. The van der Waals surface area contributed by atoms with Gasteiger partial charge in [0.1, 0.15) is 5.82 Å². The molecule has 1 aliphatic carbocycles. The SMILES string of the molecule is CCOC(=O)C(=CNc1cc(C2CCCC2)nn1C)C(=O)OCC. The molecule has 1 heterocycles. The van der Waals surface area contributed by atoms with Gasteiger partial charge in [-0.1, -0.05) is 12.8 Å². The highest BCUT2D eigenvalue weighted by molar-refractivity contribution is 6.14. The predicted octanol–water partition coefficient (Wildman–Crippen LogP) is 2.50. The lowest BCUT2D eigenvalue weighted by atomic mass is 10.0. The molecule has 0 amide bonds. The number of hydrogen-bond acceptors (Lipinski definition) is 6. The van der Waals surface area contributed by atoms with Crippen molar-refractivity contribution in [2.45, 2.75) is 45.4 Å². The van der Waals surface area contributed by atoms with Crippen LogP contribution in [-0.4, -0.2) is 34.9 Å². The van der Waals surface area contributed by atoms with Crippen LogP contribution in [0.25, 0.3) is 0 Å². The molecule has 1 aromatic heterocycles. The quantitative estimate of drug-likeness (QED) is 0.357. The molecule has 0 bridgehead atoms. The zero-order valence-corrected chi connectivity index (χ0v) is 14.5. The van der Waals surface area contributed by atoms with Gasteiger partial charge >= 0.3 is 11.9 Å². The van der Waals surface area contributed by atoms with Gasteiger partial charge in [-0.25, -0.2) is 9.59 Å². The van der Waals surface area contributed by atoms with E-state index in [0.29, 0.717) is 11.7 Å². The van der Waals surface area contributed by atoms with Crippen molar-refractivity contribution in [1.82, 2.24) is 9.78 Å². The Morgan fingerprint density at radius 2 is 1.83 bits per heavy atom. The van der Waals surface area contributed by atoms with Crippen molar-refractivity contribution >= 4 is 17.8 Å². The summed E-state index contributed by atoms with van der Waals surface area (Å²) in [4.78, 5) is 23.9. The number of carbonyl (C=O) groups is 2. The minimum Gasteiger partial charge on any atom is -0.462 e. The molecule has 1 fully saturated rings. The van der Waals surface area contributed by atoms with E-state index in [4.69, 9.17) is 9.47 Å². The van der Waals surface area contributed by atoms with Gasteiger partial charge in [-0.15, -0.1) is 0 Å². The van der Waals surface area contributed by atoms with Gasteiger partial charge in [-0.3, -0.25) is 4.68 Å². The van der Waals surface area contributed by atoms with Crippen LogP contribution in [0.15, 0.2) is 17.8 Å². The smallest absolute Gasteiger partial charge is 0.347 e. The third-order valence-corrected chi connectivity index (χ3v) is 4.03. The van der Waals surface area contributed by atoms with Crippen molar-refractivity contribution in [3.05, 3.63) is 23.5 Å². The Balaban J connectivity index is 2.15. The first-order chi connectivity index (χ1) is 11.6. The van der Waals surface area contributed by atoms with E-state index in [2.05, 4.69) is 10.4 Å². The van der Waals surface area contributed by atoms with Gasteiger partial charge in [0.2, 0.25) is 0 Å². The maximum Gasteiger partial charge on any atom is 0.347 e. The summed E-state index contributed by atoms with van der Waals surface area (Å²) in [5, 5.41) is 7.50. The third-order valence-electron chi connectivity index (χ3n) is 4.03. The normalized spacial score (nSPS) is 14.3. The number of carbonyl (C=O) groups excluding carboxylic acids is 2. The molecule has 0 unspecified atom stereocenters. The summed E-state index contributed by atoms with van der Waals surface area (Å²) in [5.74, 6) is -0.212. The molecule has 7 nitrogen and oxygen atoms in total. The van der Waals surface area contributed by atoms with E-state index < -0.39 is 11.9 Å². The van der Waals surface area contributed by atoms with E-state index in [1.54, 1.807) is 18.5 Å². The Hall–Kier alpha value is -2.31. The van der Waals surface area contributed by atoms with E-state index in [-0.39, 0.29) is 18.8 Å². The maximum absolute atomic E-state index is 11.9. The first kappa shape index (κ1) is 18.0. The molecule has 0 spiro atoms. The number of nitrogens with one attached hydrogen (secondary N) is 1. The third kappa shape index (κ3) is 4.37.